The number of aromatic amines is 1. The highest BCUT2D eigenvalue weighted by Gasteiger charge is 2.03. The van der Waals surface area contributed by atoms with Crippen LogP contribution in [0.4, 0.5) is 0 Å². The van der Waals surface area contributed by atoms with Gasteiger partial charge < -0.3 is 4.98 Å². The smallest absolute Gasteiger partial charge is 0.0465 e. The average molecular weight is 230 g/mol. The molecule has 0 radical (unpaired) electrons. The van der Waals surface area contributed by atoms with Gasteiger partial charge in [-0.1, -0.05) is 24.3 Å². The fourth-order valence-electron chi connectivity index (χ4n) is 2.16. The van der Waals surface area contributed by atoms with Gasteiger partial charge in [-0.15, -0.1) is 11.6 Å². The molecule has 3 aromatic rings. The fraction of sp³-hybridized carbons (Fsp3) is 0.143. The van der Waals surface area contributed by atoms with Crippen LogP contribution in [0.2, 0.25) is 0 Å². The van der Waals surface area contributed by atoms with Crippen LogP contribution in [0.15, 0.2) is 42.5 Å². The first-order chi connectivity index (χ1) is 7.88. The molecule has 0 amide bonds. The topological polar surface area (TPSA) is 15.8 Å². The molecule has 0 aliphatic heterocycles. The lowest BCUT2D eigenvalue weighted by molar-refractivity contribution is 1.16. The SMILES string of the molecule is ClCCc1ccc2[nH]c3ccccc3c2c1. The van der Waals surface area contributed by atoms with Gasteiger partial charge in [-0.2, -0.15) is 0 Å². The number of hydrogen-bond donors (Lipinski definition) is 1. The first-order valence-corrected chi connectivity index (χ1v) is 5.97. The third kappa shape index (κ3) is 1.48. The van der Waals surface area contributed by atoms with Crippen molar-refractivity contribution in [3.05, 3.63) is 48.0 Å². The lowest BCUT2D eigenvalue weighted by Gasteiger charge is -1.97. The maximum absolute atomic E-state index is 5.77. The van der Waals surface area contributed by atoms with E-state index in [1.165, 1.54) is 27.4 Å². The van der Waals surface area contributed by atoms with E-state index in [2.05, 4.69) is 47.4 Å². The van der Waals surface area contributed by atoms with Crippen LogP contribution in [0, 0.1) is 0 Å². The van der Waals surface area contributed by atoms with Crippen molar-refractivity contribution in [1.82, 2.24) is 4.98 Å². The molecular weight excluding hydrogens is 218 g/mol. The van der Waals surface area contributed by atoms with Crippen molar-refractivity contribution in [1.29, 1.82) is 0 Å². The normalized spacial score (nSPS) is 11.3. The fourth-order valence-corrected chi connectivity index (χ4v) is 2.38. The predicted molar refractivity (Wildman–Crippen MR) is 70.2 cm³/mol. The molecule has 1 N–H and O–H groups in total. The standard InChI is InChI=1S/C14H12ClN/c15-8-7-10-5-6-14-12(9-10)11-3-1-2-4-13(11)16-14/h1-6,9,16H,7-8H2. The predicted octanol–water partition coefficient (Wildman–Crippen LogP) is 4.10. The Labute approximate surface area is 99.0 Å². The molecule has 0 saturated heterocycles. The van der Waals surface area contributed by atoms with Gasteiger partial charge in [0.15, 0.2) is 0 Å². The van der Waals surface area contributed by atoms with Crippen molar-refractivity contribution in [3.8, 4) is 0 Å². The molecule has 0 aliphatic rings. The number of hydrogen-bond acceptors (Lipinski definition) is 0. The second kappa shape index (κ2) is 3.84. The molecule has 0 fully saturated rings. The first-order valence-electron chi connectivity index (χ1n) is 5.44. The number of halogens is 1. The average Bonchev–Trinajstić information content (AvgIpc) is 2.68. The maximum atomic E-state index is 5.77. The van der Waals surface area contributed by atoms with E-state index in [4.69, 9.17) is 11.6 Å². The molecule has 1 heterocycles. The van der Waals surface area contributed by atoms with Gasteiger partial charge >= 0.3 is 0 Å². The Kier molecular flexibility index (Phi) is 2.33. The summed E-state index contributed by atoms with van der Waals surface area (Å²) >= 11 is 5.77. The lowest BCUT2D eigenvalue weighted by atomic mass is 10.1. The van der Waals surface area contributed by atoms with E-state index in [-0.39, 0.29) is 0 Å². The van der Waals surface area contributed by atoms with Gasteiger partial charge in [-0.3, -0.25) is 0 Å². The van der Waals surface area contributed by atoms with Crippen molar-refractivity contribution in [3.63, 3.8) is 0 Å². The molecule has 0 saturated carbocycles. The summed E-state index contributed by atoms with van der Waals surface area (Å²) in [7, 11) is 0. The Hall–Kier alpha value is -1.47. The van der Waals surface area contributed by atoms with E-state index < -0.39 is 0 Å². The van der Waals surface area contributed by atoms with Crippen LogP contribution in [0.5, 0.6) is 0 Å². The highest BCUT2D eigenvalue weighted by molar-refractivity contribution is 6.18. The third-order valence-corrected chi connectivity index (χ3v) is 3.14. The number of para-hydroxylation sites is 1. The summed E-state index contributed by atoms with van der Waals surface area (Å²) in [6.07, 6.45) is 0.928. The summed E-state index contributed by atoms with van der Waals surface area (Å²) in [5.74, 6) is 0.674. The first kappa shape index (κ1) is 9.73. The second-order valence-corrected chi connectivity index (χ2v) is 4.37. The largest absolute Gasteiger partial charge is 0.355 e. The van der Waals surface area contributed by atoms with Crippen molar-refractivity contribution < 1.29 is 0 Å². The number of fused-ring (bicyclic) bond motifs is 3. The summed E-state index contributed by atoms with van der Waals surface area (Å²) in [5, 5.41) is 2.58. The van der Waals surface area contributed by atoms with Crippen molar-refractivity contribution in [2.75, 3.05) is 5.88 Å². The summed E-state index contributed by atoms with van der Waals surface area (Å²) in [5.41, 5.74) is 3.69. The van der Waals surface area contributed by atoms with Crippen molar-refractivity contribution >= 4 is 33.4 Å². The molecule has 0 bridgehead atoms. The van der Waals surface area contributed by atoms with Gasteiger partial charge in [0.25, 0.3) is 0 Å². The highest BCUT2D eigenvalue weighted by atomic mass is 35.5. The molecule has 16 heavy (non-hydrogen) atoms. The molecule has 0 spiro atoms. The van der Waals surface area contributed by atoms with Crippen LogP contribution in [-0.2, 0) is 6.42 Å². The Morgan fingerprint density at radius 3 is 2.62 bits per heavy atom. The molecule has 1 nitrogen and oxygen atoms in total. The van der Waals surface area contributed by atoms with E-state index in [0.717, 1.165) is 6.42 Å². The lowest BCUT2D eigenvalue weighted by Crippen LogP contribution is -1.84. The zero-order valence-electron chi connectivity index (χ0n) is 8.83. The van der Waals surface area contributed by atoms with Gasteiger partial charge in [0.05, 0.1) is 0 Å². The minimum atomic E-state index is 0.674. The van der Waals surface area contributed by atoms with Gasteiger partial charge in [0, 0.05) is 27.7 Å². The van der Waals surface area contributed by atoms with Crippen LogP contribution >= 0.6 is 11.6 Å². The summed E-state index contributed by atoms with van der Waals surface area (Å²) < 4.78 is 0. The number of aromatic nitrogens is 1. The minimum absolute atomic E-state index is 0.674. The number of alkyl halides is 1. The highest BCUT2D eigenvalue weighted by Crippen LogP contribution is 2.26. The number of H-pyrrole nitrogens is 1. The summed E-state index contributed by atoms with van der Waals surface area (Å²) in [6, 6.07) is 14.9. The summed E-state index contributed by atoms with van der Waals surface area (Å²) in [6.45, 7) is 0. The van der Waals surface area contributed by atoms with Gasteiger partial charge in [0.1, 0.15) is 0 Å². The Balaban J connectivity index is 2.31. The Morgan fingerprint density at radius 2 is 1.75 bits per heavy atom. The number of rotatable bonds is 2. The molecule has 0 atom stereocenters. The van der Waals surface area contributed by atoms with E-state index in [1.807, 2.05) is 0 Å². The molecule has 3 rings (SSSR count). The Morgan fingerprint density at radius 1 is 0.938 bits per heavy atom. The molecule has 80 valence electrons. The zero-order chi connectivity index (χ0) is 11.0. The van der Waals surface area contributed by atoms with E-state index >= 15 is 0 Å². The van der Waals surface area contributed by atoms with Crippen LogP contribution in [0.3, 0.4) is 0 Å². The van der Waals surface area contributed by atoms with Gasteiger partial charge in [0.2, 0.25) is 0 Å². The van der Waals surface area contributed by atoms with Crippen LogP contribution in [0.1, 0.15) is 5.56 Å². The maximum Gasteiger partial charge on any atom is 0.0465 e. The molecule has 1 aromatic heterocycles. The summed E-state index contributed by atoms with van der Waals surface area (Å²) in [4.78, 5) is 3.41. The van der Waals surface area contributed by atoms with E-state index in [0.29, 0.717) is 5.88 Å². The quantitative estimate of drug-likeness (QED) is 0.637. The van der Waals surface area contributed by atoms with Crippen molar-refractivity contribution in [2.24, 2.45) is 0 Å². The number of nitrogens with one attached hydrogen (secondary N) is 1. The molecule has 0 unspecified atom stereocenters. The molecule has 2 heteroatoms. The zero-order valence-corrected chi connectivity index (χ0v) is 9.59. The van der Waals surface area contributed by atoms with E-state index in [9.17, 15) is 0 Å². The third-order valence-electron chi connectivity index (χ3n) is 2.95. The number of aryl methyl sites for hydroxylation is 1. The van der Waals surface area contributed by atoms with Gasteiger partial charge in [-0.25, -0.2) is 0 Å². The van der Waals surface area contributed by atoms with Crippen molar-refractivity contribution in [2.45, 2.75) is 6.42 Å². The number of benzene rings is 2. The van der Waals surface area contributed by atoms with Crippen LogP contribution in [-0.4, -0.2) is 10.9 Å². The monoisotopic (exact) mass is 229 g/mol. The van der Waals surface area contributed by atoms with E-state index in [1.54, 1.807) is 0 Å². The van der Waals surface area contributed by atoms with Crippen LogP contribution in [0.25, 0.3) is 21.8 Å². The minimum Gasteiger partial charge on any atom is -0.355 e. The molecular formula is C14H12ClN. The second-order valence-electron chi connectivity index (χ2n) is 3.99. The molecule has 2 aromatic carbocycles. The molecule has 0 aliphatic carbocycles. The Bertz CT molecular complexity index is 639. The van der Waals surface area contributed by atoms with Crippen LogP contribution < -0.4 is 0 Å². The van der Waals surface area contributed by atoms with Gasteiger partial charge in [-0.05, 0) is 30.2 Å².